The van der Waals surface area contributed by atoms with Crippen molar-refractivity contribution in [3.05, 3.63) is 199 Å². The molecular formula is C47H43I2N2PS. The SMILES string of the molecule is Cc1c[n+](Cc2ccc3ccccc3c2)c(SCCCP(I)(c2ccccc2)(c2ccccc2)c2ccccc2)n1Cc1ccc2ccccc2c1.[I-]. The average molecular weight is 953 g/mol. The zero-order chi connectivity index (χ0) is 35.4. The van der Waals surface area contributed by atoms with Gasteiger partial charge in [-0.15, -0.1) is 0 Å². The van der Waals surface area contributed by atoms with E-state index in [4.69, 9.17) is 0 Å². The van der Waals surface area contributed by atoms with Gasteiger partial charge in [0.05, 0.1) is 0 Å². The molecule has 0 radical (unpaired) electrons. The Morgan fingerprint density at radius 2 is 1.02 bits per heavy atom. The molecule has 53 heavy (non-hydrogen) atoms. The largest absolute Gasteiger partial charge is 1.00 e. The third-order valence-corrected chi connectivity index (χ3v) is 23.4. The number of hydrogen-bond donors (Lipinski definition) is 0. The molecule has 0 unspecified atom stereocenters. The number of imidazole rings is 1. The molecule has 0 saturated carbocycles. The van der Waals surface area contributed by atoms with Gasteiger partial charge in [-0.3, -0.25) is 0 Å². The molecule has 2 nitrogen and oxygen atoms in total. The molecule has 8 rings (SSSR count). The minimum Gasteiger partial charge on any atom is -1.00 e. The van der Waals surface area contributed by atoms with Crippen LogP contribution in [0.5, 0.6) is 0 Å². The number of rotatable bonds is 12. The first kappa shape index (κ1) is 37.8. The molecule has 266 valence electrons. The van der Waals surface area contributed by atoms with Crippen LogP contribution in [0.2, 0.25) is 0 Å². The summed E-state index contributed by atoms with van der Waals surface area (Å²) in [7, 11) is 0. The van der Waals surface area contributed by atoms with Crippen LogP contribution in [0.4, 0.5) is 0 Å². The molecule has 0 atom stereocenters. The molecule has 0 aliphatic carbocycles. The van der Waals surface area contributed by atoms with Gasteiger partial charge in [-0.2, -0.15) is 0 Å². The van der Waals surface area contributed by atoms with E-state index >= 15 is 0 Å². The van der Waals surface area contributed by atoms with Crippen molar-refractivity contribution in [2.24, 2.45) is 0 Å². The van der Waals surface area contributed by atoms with Crippen molar-refractivity contribution < 1.29 is 28.5 Å². The van der Waals surface area contributed by atoms with Crippen LogP contribution in [0.25, 0.3) is 21.5 Å². The first-order valence-electron chi connectivity index (χ1n) is 18.1. The van der Waals surface area contributed by atoms with Gasteiger partial charge in [0.25, 0.3) is 0 Å². The second kappa shape index (κ2) is 16.5. The van der Waals surface area contributed by atoms with E-state index < -0.39 is 4.25 Å². The summed E-state index contributed by atoms with van der Waals surface area (Å²) >= 11 is 4.94. The van der Waals surface area contributed by atoms with Crippen molar-refractivity contribution in [2.75, 3.05) is 11.9 Å². The van der Waals surface area contributed by atoms with Gasteiger partial charge in [-0.25, -0.2) is 0 Å². The normalized spacial score (nSPS) is 12.3. The molecule has 0 bridgehead atoms. The van der Waals surface area contributed by atoms with Crippen LogP contribution in [-0.2, 0) is 13.1 Å². The van der Waals surface area contributed by atoms with E-state index in [-0.39, 0.29) is 24.0 Å². The van der Waals surface area contributed by atoms with Crippen LogP contribution in [-0.4, -0.2) is 16.5 Å². The summed E-state index contributed by atoms with van der Waals surface area (Å²) < 4.78 is 2.18. The number of aryl methyl sites for hydroxylation is 1. The van der Waals surface area contributed by atoms with E-state index in [1.807, 2.05) is 11.8 Å². The molecule has 0 N–H and O–H groups in total. The van der Waals surface area contributed by atoms with E-state index in [9.17, 15) is 0 Å². The maximum absolute atomic E-state index is 2.93. The Hall–Kier alpha value is -3.49. The predicted octanol–water partition coefficient (Wildman–Crippen LogP) is 7.85. The number of nitrogens with zero attached hydrogens (tertiary/aromatic N) is 2. The number of benzene rings is 7. The third-order valence-electron chi connectivity index (χ3n) is 10.4. The Balaban J connectivity index is 0.00000435. The van der Waals surface area contributed by atoms with E-state index in [0.717, 1.165) is 31.4 Å². The van der Waals surface area contributed by atoms with Gasteiger partial charge in [0.2, 0.25) is 0 Å². The topological polar surface area (TPSA) is 8.81 Å². The summed E-state index contributed by atoms with van der Waals surface area (Å²) in [6, 6.07) is 65.1. The molecular weight excluding hydrogens is 909 g/mol. The maximum atomic E-state index is 2.93. The van der Waals surface area contributed by atoms with Crippen LogP contribution >= 0.6 is 38.0 Å². The predicted molar refractivity (Wildman–Crippen MR) is 235 cm³/mol. The first-order chi connectivity index (χ1) is 25.5. The molecule has 0 spiro atoms. The first-order valence-corrected chi connectivity index (χ1v) is 24.3. The number of halogens is 2. The van der Waals surface area contributed by atoms with E-state index in [1.165, 1.54) is 59.4 Å². The fourth-order valence-electron chi connectivity index (χ4n) is 7.75. The summed E-state index contributed by atoms with van der Waals surface area (Å²) in [6.45, 7) is 3.94. The van der Waals surface area contributed by atoms with E-state index in [0.29, 0.717) is 0 Å². The van der Waals surface area contributed by atoms with Crippen LogP contribution in [0.3, 0.4) is 0 Å². The van der Waals surface area contributed by atoms with E-state index in [1.54, 1.807) is 0 Å². The smallest absolute Gasteiger partial charge is 1.00 e. The van der Waals surface area contributed by atoms with E-state index in [2.05, 4.69) is 220 Å². The summed E-state index contributed by atoms with van der Waals surface area (Å²) in [6.07, 6.45) is 4.53. The van der Waals surface area contributed by atoms with Gasteiger partial charge in [-0.1, -0.05) is 12.1 Å². The summed E-state index contributed by atoms with van der Waals surface area (Å²) in [5.41, 5.74) is 3.93. The maximum Gasteiger partial charge on any atom is -1.00 e. The number of fused-ring (bicyclic) bond motifs is 2. The molecule has 0 saturated heterocycles. The number of aromatic nitrogens is 2. The average Bonchev–Trinajstić information content (AvgIpc) is 3.49. The standard InChI is InChI=1S/C47H43IN2PS.HI/c1-37-34-49(35-38-26-28-40-16-11-13-18-42(40)32-38)47(50(37)36-39-27-29-41-17-12-14-19-43(41)33-39)52-31-15-30-51(48,44-20-5-2-6-21-44,45-22-7-3-8-23-45)46-24-9-4-10-25-46;/h2-14,16-29,32-34H,15,30-31,35-36H2,1H3;1H/q+1;/p-1. The Morgan fingerprint density at radius 3 is 1.55 bits per heavy atom. The molecule has 6 heteroatoms. The second-order valence-electron chi connectivity index (χ2n) is 13.7. The summed E-state index contributed by atoms with van der Waals surface area (Å²) in [4.78, 5) is 0. The van der Waals surface area contributed by atoms with Crippen molar-refractivity contribution in [3.8, 4) is 0 Å². The Labute approximate surface area is 348 Å². The molecule has 0 fully saturated rings. The minimum absolute atomic E-state index is 0. The second-order valence-corrected chi connectivity index (χ2v) is 25.6. The number of hydrogen-bond acceptors (Lipinski definition) is 1. The third kappa shape index (κ3) is 7.60. The molecule has 1 aromatic heterocycles. The zero-order valence-electron chi connectivity index (χ0n) is 29.9. The van der Waals surface area contributed by atoms with Crippen molar-refractivity contribution >= 4 is 75.5 Å². The van der Waals surface area contributed by atoms with Crippen LogP contribution in [0.1, 0.15) is 23.2 Å². The fraction of sp³-hybridized carbons (Fsp3) is 0.128. The van der Waals surface area contributed by atoms with Crippen LogP contribution in [0.15, 0.2) is 187 Å². The molecule has 0 aliphatic rings. The number of thioether (sulfide) groups is 1. The van der Waals surface area contributed by atoms with Crippen molar-refractivity contribution in [2.45, 2.75) is 31.6 Å². The summed E-state index contributed by atoms with van der Waals surface area (Å²) in [5.74, 6) is 1.02. The molecule has 0 aliphatic heterocycles. The minimum atomic E-state index is -2.84. The van der Waals surface area contributed by atoms with Gasteiger partial charge < -0.3 is 24.0 Å². The van der Waals surface area contributed by atoms with Crippen molar-refractivity contribution in [1.82, 2.24) is 4.57 Å². The van der Waals surface area contributed by atoms with Gasteiger partial charge in [0.15, 0.2) is 0 Å². The van der Waals surface area contributed by atoms with Crippen molar-refractivity contribution in [1.29, 1.82) is 0 Å². The van der Waals surface area contributed by atoms with Gasteiger partial charge in [-0.05, 0) is 0 Å². The van der Waals surface area contributed by atoms with Crippen LogP contribution in [0, 0.1) is 6.92 Å². The van der Waals surface area contributed by atoms with Gasteiger partial charge in [0, 0.05) is 0 Å². The molecule has 8 aromatic rings. The molecule has 7 aromatic carbocycles. The van der Waals surface area contributed by atoms with Crippen LogP contribution < -0.4 is 44.5 Å². The Kier molecular flexibility index (Phi) is 11.8. The summed E-state index contributed by atoms with van der Waals surface area (Å²) in [5, 5.41) is 10.8. The van der Waals surface area contributed by atoms with Gasteiger partial charge >= 0.3 is 315 Å². The zero-order valence-corrected chi connectivity index (χ0v) is 35.9. The Bertz CT molecular complexity index is 2370. The molecule has 1 heterocycles. The molecule has 0 amide bonds. The Morgan fingerprint density at radius 1 is 0.566 bits per heavy atom. The quantitative estimate of drug-likeness (QED) is 0.0399. The van der Waals surface area contributed by atoms with Crippen molar-refractivity contribution in [3.63, 3.8) is 0 Å². The monoisotopic (exact) mass is 952 g/mol. The fourth-order valence-corrected chi connectivity index (χ4v) is 17.8. The van der Waals surface area contributed by atoms with Gasteiger partial charge in [0.1, 0.15) is 0 Å².